The number of aryl methyl sites for hydroxylation is 1. The van der Waals surface area contributed by atoms with Gasteiger partial charge in [-0.3, -0.25) is 9.59 Å². The van der Waals surface area contributed by atoms with Crippen LogP contribution in [0.5, 0.6) is 0 Å². The molecule has 0 unspecified atom stereocenters. The molecule has 0 aliphatic heterocycles. The standard InChI is InChI=1S/C27H36N4O2/c1-19(2)16-30(17-20(3)4)26(32)18-31-24-13-9-8-12-23(24)29-25(31)14-15-28-27(33)22-11-7-6-10-21(22)5/h6-13,19-20H,14-18H2,1-5H3,(H,28,33). The summed E-state index contributed by atoms with van der Waals surface area (Å²) in [4.78, 5) is 32.6. The van der Waals surface area contributed by atoms with E-state index in [1.54, 1.807) is 0 Å². The summed E-state index contributed by atoms with van der Waals surface area (Å²) >= 11 is 0. The molecule has 0 atom stereocenters. The molecule has 3 aromatic rings. The number of hydrogen-bond acceptors (Lipinski definition) is 3. The van der Waals surface area contributed by atoms with E-state index < -0.39 is 0 Å². The molecule has 6 nitrogen and oxygen atoms in total. The summed E-state index contributed by atoms with van der Waals surface area (Å²) in [5.74, 6) is 1.63. The molecule has 33 heavy (non-hydrogen) atoms. The van der Waals surface area contributed by atoms with E-state index in [0.717, 1.165) is 35.5 Å². The highest BCUT2D eigenvalue weighted by Crippen LogP contribution is 2.18. The Bertz CT molecular complexity index is 1090. The van der Waals surface area contributed by atoms with Gasteiger partial charge in [0.1, 0.15) is 12.4 Å². The predicted molar refractivity (Wildman–Crippen MR) is 133 cm³/mol. The van der Waals surface area contributed by atoms with Crippen molar-refractivity contribution in [2.45, 2.75) is 47.6 Å². The van der Waals surface area contributed by atoms with Gasteiger partial charge in [0.25, 0.3) is 5.91 Å². The molecule has 0 spiro atoms. The lowest BCUT2D eigenvalue weighted by atomic mass is 10.1. The molecule has 0 aliphatic carbocycles. The van der Waals surface area contributed by atoms with Crippen molar-refractivity contribution in [1.29, 1.82) is 0 Å². The first-order valence-electron chi connectivity index (χ1n) is 11.8. The highest BCUT2D eigenvalue weighted by atomic mass is 16.2. The minimum atomic E-state index is -0.0909. The summed E-state index contributed by atoms with van der Waals surface area (Å²) in [6.07, 6.45) is 0.550. The zero-order valence-corrected chi connectivity index (χ0v) is 20.5. The van der Waals surface area contributed by atoms with Crippen LogP contribution in [0.4, 0.5) is 0 Å². The molecule has 2 amide bonds. The van der Waals surface area contributed by atoms with E-state index in [2.05, 4.69) is 33.0 Å². The van der Waals surface area contributed by atoms with Crippen LogP contribution in [0.25, 0.3) is 11.0 Å². The van der Waals surface area contributed by atoms with Gasteiger partial charge in [0.05, 0.1) is 11.0 Å². The Morgan fingerprint density at radius 2 is 1.61 bits per heavy atom. The Balaban J connectivity index is 1.77. The van der Waals surface area contributed by atoms with Crippen molar-refractivity contribution in [2.24, 2.45) is 11.8 Å². The molecular formula is C27H36N4O2. The van der Waals surface area contributed by atoms with E-state index in [9.17, 15) is 9.59 Å². The van der Waals surface area contributed by atoms with Gasteiger partial charge in [0, 0.05) is 31.6 Å². The monoisotopic (exact) mass is 448 g/mol. The lowest BCUT2D eigenvalue weighted by Crippen LogP contribution is -2.39. The van der Waals surface area contributed by atoms with Crippen molar-refractivity contribution < 1.29 is 9.59 Å². The highest BCUT2D eigenvalue weighted by Gasteiger charge is 2.20. The van der Waals surface area contributed by atoms with Crippen LogP contribution >= 0.6 is 0 Å². The van der Waals surface area contributed by atoms with Gasteiger partial charge in [-0.05, 0) is 42.5 Å². The Morgan fingerprint density at radius 3 is 2.27 bits per heavy atom. The first-order valence-corrected chi connectivity index (χ1v) is 11.8. The maximum atomic E-state index is 13.3. The number of benzene rings is 2. The van der Waals surface area contributed by atoms with E-state index in [1.165, 1.54) is 0 Å². The number of carbonyl (C=O) groups is 2. The Labute approximate surface area is 197 Å². The fraction of sp³-hybridized carbons (Fsp3) is 0.444. The third kappa shape index (κ3) is 6.44. The molecule has 176 valence electrons. The fourth-order valence-corrected chi connectivity index (χ4v) is 4.10. The number of fused-ring (bicyclic) bond motifs is 1. The van der Waals surface area contributed by atoms with Crippen molar-refractivity contribution in [3.63, 3.8) is 0 Å². The predicted octanol–water partition coefficient (Wildman–Crippen LogP) is 4.46. The summed E-state index contributed by atoms with van der Waals surface area (Å²) in [6, 6.07) is 15.4. The molecule has 3 rings (SSSR count). The van der Waals surface area contributed by atoms with Crippen LogP contribution in [0, 0.1) is 18.8 Å². The van der Waals surface area contributed by atoms with Crippen molar-refractivity contribution >= 4 is 22.8 Å². The Morgan fingerprint density at radius 1 is 0.970 bits per heavy atom. The van der Waals surface area contributed by atoms with E-state index >= 15 is 0 Å². The van der Waals surface area contributed by atoms with Gasteiger partial charge in [0.2, 0.25) is 5.91 Å². The van der Waals surface area contributed by atoms with Gasteiger partial charge >= 0.3 is 0 Å². The number of aromatic nitrogens is 2. The molecule has 0 bridgehead atoms. The molecule has 1 heterocycles. The van der Waals surface area contributed by atoms with Gasteiger partial charge in [-0.1, -0.05) is 58.0 Å². The zero-order chi connectivity index (χ0) is 24.0. The van der Waals surface area contributed by atoms with Gasteiger partial charge in [-0.15, -0.1) is 0 Å². The minimum absolute atomic E-state index is 0.0909. The molecule has 1 N–H and O–H groups in total. The number of para-hydroxylation sites is 2. The molecule has 6 heteroatoms. The van der Waals surface area contributed by atoms with E-state index in [1.807, 2.05) is 64.9 Å². The first-order chi connectivity index (χ1) is 15.8. The summed E-state index contributed by atoms with van der Waals surface area (Å²) in [5.41, 5.74) is 3.44. The van der Waals surface area contributed by atoms with Crippen molar-refractivity contribution in [3.05, 3.63) is 65.5 Å². The van der Waals surface area contributed by atoms with Crippen LogP contribution in [0.15, 0.2) is 48.5 Å². The topological polar surface area (TPSA) is 67.2 Å². The molecular weight excluding hydrogens is 412 g/mol. The fourth-order valence-electron chi connectivity index (χ4n) is 4.10. The first kappa shape index (κ1) is 24.5. The van der Waals surface area contributed by atoms with E-state index in [0.29, 0.717) is 30.4 Å². The third-order valence-corrected chi connectivity index (χ3v) is 5.57. The second kappa shape index (κ2) is 11.1. The summed E-state index contributed by atoms with van der Waals surface area (Å²) in [7, 11) is 0. The average Bonchev–Trinajstić information content (AvgIpc) is 3.10. The normalized spacial score (nSPS) is 11.4. The molecule has 0 fully saturated rings. The lowest BCUT2D eigenvalue weighted by Gasteiger charge is -2.27. The number of carbonyl (C=O) groups excluding carboxylic acids is 2. The van der Waals surface area contributed by atoms with Crippen molar-refractivity contribution in [3.8, 4) is 0 Å². The van der Waals surface area contributed by atoms with Gasteiger partial charge in [0.15, 0.2) is 0 Å². The van der Waals surface area contributed by atoms with Crippen LogP contribution in [0.2, 0.25) is 0 Å². The molecule has 2 aromatic carbocycles. The molecule has 0 aliphatic rings. The Kier molecular flexibility index (Phi) is 8.26. The quantitative estimate of drug-likeness (QED) is 0.498. The van der Waals surface area contributed by atoms with Crippen molar-refractivity contribution in [2.75, 3.05) is 19.6 Å². The molecule has 0 saturated carbocycles. The average molecular weight is 449 g/mol. The van der Waals surface area contributed by atoms with Gasteiger partial charge < -0.3 is 14.8 Å². The molecule has 0 radical (unpaired) electrons. The number of rotatable bonds is 10. The smallest absolute Gasteiger partial charge is 0.251 e. The highest BCUT2D eigenvalue weighted by molar-refractivity contribution is 5.95. The van der Waals surface area contributed by atoms with Gasteiger partial charge in [-0.25, -0.2) is 4.98 Å². The van der Waals surface area contributed by atoms with E-state index in [4.69, 9.17) is 4.98 Å². The summed E-state index contributed by atoms with van der Waals surface area (Å²) < 4.78 is 2.01. The summed E-state index contributed by atoms with van der Waals surface area (Å²) in [5, 5.41) is 3.00. The largest absolute Gasteiger partial charge is 0.352 e. The van der Waals surface area contributed by atoms with Gasteiger partial charge in [-0.2, -0.15) is 0 Å². The number of nitrogens with zero attached hydrogens (tertiary/aromatic N) is 3. The number of nitrogens with one attached hydrogen (secondary N) is 1. The van der Waals surface area contributed by atoms with Crippen LogP contribution < -0.4 is 5.32 Å². The number of hydrogen-bond donors (Lipinski definition) is 1. The lowest BCUT2D eigenvalue weighted by molar-refractivity contribution is -0.132. The molecule has 1 aromatic heterocycles. The second-order valence-corrected chi connectivity index (χ2v) is 9.51. The Hall–Kier alpha value is -3.15. The van der Waals surface area contributed by atoms with Crippen LogP contribution in [-0.2, 0) is 17.8 Å². The second-order valence-electron chi connectivity index (χ2n) is 9.51. The summed E-state index contributed by atoms with van der Waals surface area (Å²) in [6.45, 7) is 12.7. The molecule has 0 saturated heterocycles. The maximum Gasteiger partial charge on any atom is 0.251 e. The minimum Gasteiger partial charge on any atom is -0.352 e. The van der Waals surface area contributed by atoms with Crippen LogP contribution in [0.1, 0.15) is 49.4 Å². The van der Waals surface area contributed by atoms with Crippen LogP contribution in [-0.4, -0.2) is 45.9 Å². The third-order valence-electron chi connectivity index (χ3n) is 5.57. The zero-order valence-electron chi connectivity index (χ0n) is 20.5. The number of imidazole rings is 1. The maximum absolute atomic E-state index is 13.3. The van der Waals surface area contributed by atoms with Crippen LogP contribution in [0.3, 0.4) is 0 Å². The van der Waals surface area contributed by atoms with E-state index in [-0.39, 0.29) is 18.4 Å². The number of amides is 2. The van der Waals surface area contributed by atoms with Crippen molar-refractivity contribution in [1.82, 2.24) is 19.8 Å². The SMILES string of the molecule is Cc1ccccc1C(=O)NCCc1nc2ccccc2n1CC(=O)N(CC(C)C)CC(C)C.